The fraction of sp³-hybridized carbons (Fsp3) is 0.409. The topological polar surface area (TPSA) is 75.7 Å². The zero-order valence-corrected chi connectivity index (χ0v) is 18.4. The van der Waals surface area contributed by atoms with Crippen LogP contribution >= 0.6 is 0 Å². The maximum Gasteiger partial charge on any atom is 0.264 e. The minimum atomic E-state index is -3.72. The van der Waals surface area contributed by atoms with Gasteiger partial charge in [-0.1, -0.05) is 6.07 Å². The Hall–Kier alpha value is -2.54. The number of anilines is 1. The molecule has 0 bridgehead atoms. The molecule has 1 aliphatic rings. The first kappa shape index (κ1) is 21.2. The fourth-order valence-electron chi connectivity index (χ4n) is 3.24. The number of sulfonamides is 1. The van der Waals surface area contributed by atoms with Gasteiger partial charge in [-0.2, -0.15) is 0 Å². The molecule has 7 heteroatoms. The van der Waals surface area contributed by atoms with E-state index in [9.17, 15) is 13.2 Å². The second-order valence-corrected chi connectivity index (χ2v) is 9.59. The van der Waals surface area contributed by atoms with Gasteiger partial charge in [-0.25, -0.2) is 8.42 Å². The molecule has 0 atom stereocenters. The van der Waals surface area contributed by atoms with Gasteiger partial charge in [-0.15, -0.1) is 0 Å². The average Bonchev–Trinajstić information content (AvgIpc) is 3.48. The van der Waals surface area contributed by atoms with Crippen molar-refractivity contribution >= 4 is 21.6 Å². The van der Waals surface area contributed by atoms with Crippen molar-refractivity contribution in [2.45, 2.75) is 51.5 Å². The third-order valence-corrected chi connectivity index (χ3v) is 7.49. The highest BCUT2D eigenvalue weighted by molar-refractivity contribution is 7.92. The molecule has 0 saturated heterocycles. The largest absolute Gasteiger partial charge is 0.484 e. The Bertz CT molecular complexity index is 1000. The summed E-state index contributed by atoms with van der Waals surface area (Å²) in [5.41, 5.74) is 3.96. The Morgan fingerprint density at radius 3 is 2.14 bits per heavy atom. The van der Waals surface area contributed by atoms with E-state index in [1.54, 1.807) is 31.3 Å². The zero-order valence-electron chi connectivity index (χ0n) is 17.6. The predicted octanol–water partition coefficient (Wildman–Crippen LogP) is 3.40. The SMILES string of the molecule is Cc1cc(C)c(C)c(S(=O)(=O)N(C)c2ccc(OCC(=O)NC3CC3)cc2)c1C. The van der Waals surface area contributed by atoms with Crippen molar-refractivity contribution in [1.82, 2.24) is 5.32 Å². The Morgan fingerprint density at radius 1 is 1.07 bits per heavy atom. The summed E-state index contributed by atoms with van der Waals surface area (Å²) in [5, 5.41) is 2.86. The molecule has 1 amide bonds. The highest BCUT2D eigenvalue weighted by Gasteiger charge is 2.27. The van der Waals surface area contributed by atoms with Gasteiger partial charge >= 0.3 is 0 Å². The van der Waals surface area contributed by atoms with Crippen LogP contribution in [0, 0.1) is 27.7 Å². The highest BCUT2D eigenvalue weighted by Crippen LogP contribution is 2.31. The quantitative estimate of drug-likeness (QED) is 0.751. The van der Waals surface area contributed by atoms with Crippen molar-refractivity contribution in [3.8, 4) is 5.75 Å². The van der Waals surface area contributed by atoms with Crippen molar-refractivity contribution in [1.29, 1.82) is 0 Å². The van der Waals surface area contributed by atoms with Crippen LogP contribution in [0.15, 0.2) is 35.2 Å². The maximum absolute atomic E-state index is 13.3. The molecule has 3 rings (SSSR count). The molecule has 2 aromatic carbocycles. The van der Waals surface area contributed by atoms with E-state index in [1.807, 2.05) is 33.8 Å². The van der Waals surface area contributed by atoms with Crippen LogP contribution in [0.4, 0.5) is 5.69 Å². The monoisotopic (exact) mass is 416 g/mol. The van der Waals surface area contributed by atoms with Gasteiger partial charge in [0.1, 0.15) is 5.75 Å². The van der Waals surface area contributed by atoms with Crippen LogP contribution in [0.5, 0.6) is 5.75 Å². The number of carbonyl (C=O) groups is 1. The van der Waals surface area contributed by atoms with Gasteiger partial charge < -0.3 is 10.1 Å². The summed E-state index contributed by atoms with van der Waals surface area (Å²) in [6.07, 6.45) is 2.06. The first-order chi connectivity index (χ1) is 13.6. The lowest BCUT2D eigenvalue weighted by atomic mass is 10.0. The molecule has 1 saturated carbocycles. The number of carbonyl (C=O) groups excluding carboxylic acids is 1. The van der Waals surface area contributed by atoms with E-state index in [2.05, 4.69) is 5.32 Å². The number of hydrogen-bond donors (Lipinski definition) is 1. The summed E-state index contributed by atoms with van der Waals surface area (Å²) in [5.74, 6) is 0.376. The Morgan fingerprint density at radius 2 is 1.62 bits per heavy atom. The standard InChI is InChI=1S/C22H28N2O4S/c1-14-12-15(2)17(4)22(16(14)3)29(26,27)24(5)19-8-10-20(11-9-19)28-13-21(25)23-18-6-7-18/h8-12,18H,6-7,13H2,1-5H3,(H,23,25). The van der Waals surface area contributed by atoms with E-state index in [1.165, 1.54) is 4.31 Å². The molecule has 0 aliphatic heterocycles. The molecule has 0 unspecified atom stereocenters. The molecule has 1 N–H and O–H groups in total. The van der Waals surface area contributed by atoms with Crippen molar-refractivity contribution in [2.24, 2.45) is 0 Å². The lowest BCUT2D eigenvalue weighted by Crippen LogP contribution is -2.30. The van der Waals surface area contributed by atoms with Gasteiger partial charge in [-0.05, 0) is 87.1 Å². The number of aryl methyl sites for hydroxylation is 2. The lowest BCUT2D eigenvalue weighted by molar-refractivity contribution is -0.123. The molecule has 1 fully saturated rings. The van der Waals surface area contributed by atoms with Crippen molar-refractivity contribution in [3.63, 3.8) is 0 Å². The van der Waals surface area contributed by atoms with E-state index in [0.29, 0.717) is 22.4 Å². The van der Waals surface area contributed by atoms with E-state index in [0.717, 1.165) is 35.1 Å². The Balaban J connectivity index is 1.77. The van der Waals surface area contributed by atoms with Crippen LogP contribution in [-0.4, -0.2) is 34.0 Å². The minimum absolute atomic E-state index is 0.0507. The minimum Gasteiger partial charge on any atom is -0.484 e. The Kier molecular flexibility index (Phi) is 5.89. The van der Waals surface area contributed by atoms with Crippen LogP contribution in [0.1, 0.15) is 35.1 Å². The van der Waals surface area contributed by atoms with Gasteiger partial charge in [0.15, 0.2) is 6.61 Å². The lowest BCUT2D eigenvalue weighted by Gasteiger charge is -2.23. The Labute approximate surface area is 172 Å². The van der Waals surface area contributed by atoms with Crippen molar-refractivity contribution in [3.05, 3.63) is 52.6 Å². The summed E-state index contributed by atoms with van der Waals surface area (Å²) in [7, 11) is -2.17. The van der Waals surface area contributed by atoms with E-state index in [-0.39, 0.29) is 12.5 Å². The smallest absolute Gasteiger partial charge is 0.264 e. The predicted molar refractivity (Wildman–Crippen MR) is 114 cm³/mol. The van der Waals surface area contributed by atoms with Gasteiger partial charge in [0, 0.05) is 13.1 Å². The maximum atomic E-state index is 13.3. The first-order valence-electron chi connectivity index (χ1n) is 9.70. The number of hydrogen-bond acceptors (Lipinski definition) is 4. The zero-order chi connectivity index (χ0) is 21.3. The third-order valence-electron chi connectivity index (χ3n) is 5.43. The molecule has 29 heavy (non-hydrogen) atoms. The van der Waals surface area contributed by atoms with Crippen molar-refractivity contribution in [2.75, 3.05) is 18.0 Å². The second-order valence-electron chi connectivity index (χ2n) is 7.69. The fourth-order valence-corrected chi connectivity index (χ4v) is 5.01. The normalized spacial score (nSPS) is 13.8. The van der Waals surface area contributed by atoms with Gasteiger partial charge in [0.05, 0.1) is 10.6 Å². The third kappa shape index (κ3) is 4.56. The second kappa shape index (κ2) is 8.06. The summed E-state index contributed by atoms with van der Waals surface area (Å²) < 4.78 is 33.4. The molecule has 0 heterocycles. The van der Waals surface area contributed by atoms with E-state index < -0.39 is 10.0 Å². The molecule has 0 aromatic heterocycles. The van der Waals surface area contributed by atoms with Crippen LogP contribution in [0.25, 0.3) is 0 Å². The van der Waals surface area contributed by atoms with Crippen LogP contribution in [0.2, 0.25) is 0 Å². The summed E-state index contributed by atoms with van der Waals surface area (Å²) in [4.78, 5) is 12.1. The number of ether oxygens (including phenoxy) is 1. The molecule has 0 spiro atoms. The molecular weight excluding hydrogens is 388 g/mol. The molecule has 1 aliphatic carbocycles. The summed E-state index contributed by atoms with van der Waals surface area (Å²) in [6, 6.07) is 9.01. The van der Waals surface area contributed by atoms with E-state index >= 15 is 0 Å². The molecule has 156 valence electrons. The molecular formula is C22H28N2O4S. The number of amides is 1. The molecule has 0 radical (unpaired) electrons. The van der Waals surface area contributed by atoms with E-state index in [4.69, 9.17) is 4.74 Å². The summed E-state index contributed by atoms with van der Waals surface area (Å²) >= 11 is 0. The van der Waals surface area contributed by atoms with Gasteiger partial charge in [0.25, 0.3) is 15.9 Å². The summed E-state index contributed by atoms with van der Waals surface area (Å²) in [6.45, 7) is 7.47. The molecule has 6 nitrogen and oxygen atoms in total. The number of nitrogens with one attached hydrogen (secondary N) is 1. The number of nitrogens with zero attached hydrogens (tertiary/aromatic N) is 1. The molecule has 2 aromatic rings. The van der Waals surface area contributed by atoms with Crippen LogP contribution in [-0.2, 0) is 14.8 Å². The number of benzene rings is 2. The highest BCUT2D eigenvalue weighted by atomic mass is 32.2. The van der Waals surface area contributed by atoms with Gasteiger partial charge in [0.2, 0.25) is 0 Å². The van der Waals surface area contributed by atoms with Crippen molar-refractivity contribution < 1.29 is 17.9 Å². The van der Waals surface area contributed by atoms with Gasteiger partial charge in [-0.3, -0.25) is 9.10 Å². The average molecular weight is 417 g/mol. The van der Waals surface area contributed by atoms with Crippen LogP contribution in [0.3, 0.4) is 0 Å². The number of rotatable bonds is 7. The first-order valence-corrected chi connectivity index (χ1v) is 11.1. The van der Waals surface area contributed by atoms with Crippen LogP contribution < -0.4 is 14.4 Å².